The van der Waals surface area contributed by atoms with E-state index in [-0.39, 0.29) is 10.6 Å². The van der Waals surface area contributed by atoms with E-state index in [4.69, 9.17) is 22.1 Å². The lowest BCUT2D eigenvalue weighted by molar-refractivity contribution is 0.178. The van der Waals surface area contributed by atoms with Gasteiger partial charge in [0.2, 0.25) is 0 Å². The second-order valence-corrected chi connectivity index (χ2v) is 4.50. The molecule has 1 saturated heterocycles. The minimum atomic E-state index is -0.392. The highest BCUT2D eigenvalue weighted by atomic mass is 35.5. The SMILES string of the molecule is NC1(Cc2ccc(Cl)c(F)c2)CCOC1. The highest BCUT2D eigenvalue weighted by Gasteiger charge is 2.30. The molecule has 2 rings (SSSR count). The molecule has 1 unspecified atom stereocenters. The summed E-state index contributed by atoms with van der Waals surface area (Å²) in [4.78, 5) is 0. The molecule has 0 aromatic heterocycles. The molecule has 1 atom stereocenters. The van der Waals surface area contributed by atoms with Crippen molar-refractivity contribution in [1.82, 2.24) is 0 Å². The molecule has 82 valence electrons. The summed E-state index contributed by atoms with van der Waals surface area (Å²) < 4.78 is 18.4. The van der Waals surface area contributed by atoms with Gasteiger partial charge in [0.25, 0.3) is 0 Å². The van der Waals surface area contributed by atoms with Crippen LogP contribution in [0.5, 0.6) is 0 Å². The third-order valence-electron chi connectivity index (χ3n) is 2.67. The molecule has 4 heteroatoms. The quantitative estimate of drug-likeness (QED) is 0.844. The van der Waals surface area contributed by atoms with E-state index in [1.54, 1.807) is 12.1 Å². The van der Waals surface area contributed by atoms with E-state index in [0.29, 0.717) is 19.6 Å². The lowest BCUT2D eigenvalue weighted by Gasteiger charge is -2.21. The van der Waals surface area contributed by atoms with E-state index in [0.717, 1.165) is 12.0 Å². The molecule has 1 aliphatic heterocycles. The van der Waals surface area contributed by atoms with Gasteiger partial charge in [0.05, 0.1) is 11.6 Å². The Balaban J connectivity index is 2.13. The molecule has 2 N–H and O–H groups in total. The first kappa shape index (κ1) is 10.9. The number of halogens is 2. The lowest BCUT2D eigenvalue weighted by Crippen LogP contribution is -2.42. The van der Waals surface area contributed by atoms with Gasteiger partial charge in [-0.3, -0.25) is 0 Å². The Kier molecular flexibility index (Phi) is 2.96. The number of benzene rings is 1. The zero-order valence-corrected chi connectivity index (χ0v) is 9.06. The lowest BCUT2D eigenvalue weighted by atomic mass is 9.91. The van der Waals surface area contributed by atoms with Crippen LogP contribution < -0.4 is 5.73 Å². The predicted molar refractivity (Wildman–Crippen MR) is 57.5 cm³/mol. The van der Waals surface area contributed by atoms with Crippen LogP contribution in [0.3, 0.4) is 0 Å². The van der Waals surface area contributed by atoms with Gasteiger partial charge in [-0.2, -0.15) is 0 Å². The van der Waals surface area contributed by atoms with E-state index in [1.807, 2.05) is 0 Å². The third kappa shape index (κ3) is 2.48. The smallest absolute Gasteiger partial charge is 0.142 e. The standard InChI is InChI=1S/C11H13ClFNO/c12-9-2-1-8(5-10(9)13)6-11(14)3-4-15-7-11/h1-2,5H,3-4,6-7,14H2. The molecule has 2 nitrogen and oxygen atoms in total. The molecule has 1 aliphatic rings. The summed E-state index contributed by atoms with van der Waals surface area (Å²) in [7, 11) is 0. The van der Waals surface area contributed by atoms with E-state index in [9.17, 15) is 4.39 Å². The van der Waals surface area contributed by atoms with E-state index < -0.39 is 5.82 Å². The van der Waals surface area contributed by atoms with E-state index in [1.165, 1.54) is 6.07 Å². The van der Waals surface area contributed by atoms with Gasteiger partial charge in [0, 0.05) is 12.1 Å². The maximum absolute atomic E-state index is 13.2. The first-order chi connectivity index (χ1) is 7.09. The molecule has 1 fully saturated rings. The van der Waals surface area contributed by atoms with Crippen molar-refractivity contribution < 1.29 is 9.13 Å². The van der Waals surface area contributed by atoms with Gasteiger partial charge >= 0.3 is 0 Å². The second-order valence-electron chi connectivity index (χ2n) is 4.09. The molecular formula is C11H13ClFNO. The second kappa shape index (κ2) is 4.08. The highest BCUT2D eigenvalue weighted by molar-refractivity contribution is 6.30. The molecule has 1 aromatic carbocycles. The first-order valence-electron chi connectivity index (χ1n) is 4.90. The first-order valence-corrected chi connectivity index (χ1v) is 5.27. The van der Waals surface area contributed by atoms with Crippen LogP contribution in [-0.4, -0.2) is 18.8 Å². The zero-order valence-electron chi connectivity index (χ0n) is 8.30. The number of hydrogen-bond acceptors (Lipinski definition) is 2. The minimum absolute atomic E-state index is 0.146. The Labute approximate surface area is 93.2 Å². The molecule has 0 radical (unpaired) electrons. The Morgan fingerprint density at radius 2 is 2.33 bits per heavy atom. The summed E-state index contributed by atoms with van der Waals surface area (Å²) in [6.45, 7) is 1.23. The van der Waals surface area contributed by atoms with Gasteiger partial charge in [-0.1, -0.05) is 17.7 Å². The van der Waals surface area contributed by atoms with Crippen molar-refractivity contribution in [3.05, 3.63) is 34.6 Å². The minimum Gasteiger partial charge on any atom is -0.379 e. The molecule has 1 aromatic rings. The van der Waals surface area contributed by atoms with Gasteiger partial charge in [0.1, 0.15) is 5.82 Å². The summed E-state index contributed by atoms with van der Waals surface area (Å²) in [6.07, 6.45) is 1.44. The van der Waals surface area contributed by atoms with Crippen molar-refractivity contribution in [3.63, 3.8) is 0 Å². The molecule has 15 heavy (non-hydrogen) atoms. The van der Waals surface area contributed by atoms with Crippen LogP contribution in [-0.2, 0) is 11.2 Å². The van der Waals surface area contributed by atoms with Crippen LogP contribution in [0.2, 0.25) is 5.02 Å². The van der Waals surface area contributed by atoms with Crippen molar-refractivity contribution >= 4 is 11.6 Å². The van der Waals surface area contributed by atoms with Crippen LogP contribution in [0, 0.1) is 5.82 Å². The maximum atomic E-state index is 13.2. The van der Waals surface area contributed by atoms with Crippen LogP contribution in [0.1, 0.15) is 12.0 Å². The zero-order chi connectivity index (χ0) is 10.9. The Bertz CT molecular complexity index is 364. The highest BCUT2D eigenvalue weighted by Crippen LogP contribution is 2.23. The Hall–Kier alpha value is -0.640. The summed E-state index contributed by atoms with van der Waals surface area (Å²) in [5, 5.41) is 0.146. The molecule has 0 spiro atoms. The Morgan fingerprint density at radius 1 is 1.53 bits per heavy atom. The number of rotatable bonds is 2. The van der Waals surface area contributed by atoms with Crippen LogP contribution in [0.4, 0.5) is 4.39 Å². The fraction of sp³-hybridized carbons (Fsp3) is 0.455. The normalized spacial score (nSPS) is 25.8. The predicted octanol–water partition coefficient (Wildman–Crippen LogP) is 2.14. The van der Waals surface area contributed by atoms with Gasteiger partial charge in [0.15, 0.2) is 0 Å². The fourth-order valence-corrected chi connectivity index (χ4v) is 1.94. The average Bonchev–Trinajstić information content (AvgIpc) is 2.59. The molecular weight excluding hydrogens is 217 g/mol. The molecule has 0 aliphatic carbocycles. The number of nitrogens with two attached hydrogens (primary N) is 1. The summed E-state index contributed by atoms with van der Waals surface area (Å²) in [5.74, 6) is -0.392. The fourth-order valence-electron chi connectivity index (χ4n) is 1.82. The van der Waals surface area contributed by atoms with Gasteiger partial charge in [-0.05, 0) is 30.5 Å². The summed E-state index contributed by atoms with van der Waals surface area (Å²) >= 11 is 5.60. The average molecular weight is 230 g/mol. The number of hydrogen-bond donors (Lipinski definition) is 1. The summed E-state index contributed by atoms with van der Waals surface area (Å²) in [5.41, 5.74) is 6.62. The molecule has 0 saturated carbocycles. The maximum Gasteiger partial charge on any atom is 0.142 e. The summed E-state index contributed by atoms with van der Waals surface area (Å²) in [6, 6.07) is 4.80. The van der Waals surface area contributed by atoms with Crippen molar-refractivity contribution in [3.8, 4) is 0 Å². The Morgan fingerprint density at radius 3 is 2.93 bits per heavy atom. The van der Waals surface area contributed by atoms with Crippen molar-refractivity contribution in [2.24, 2.45) is 5.73 Å². The van der Waals surface area contributed by atoms with Crippen LogP contribution >= 0.6 is 11.6 Å². The van der Waals surface area contributed by atoms with Crippen molar-refractivity contribution in [2.45, 2.75) is 18.4 Å². The van der Waals surface area contributed by atoms with Crippen LogP contribution in [0.15, 0.2) is 18.2 Å². The molecule has 1 heterocycles. The van der Waals surface area contributed by atoms with E-state index in [2.05, 4.69) is 0 Å². The monoisotopic (exact) mass is 229 g/mol. The molecule has 0 bridgehead atoms. The van der Waals surface area contributed by atoms with Gasteiger partial charge < -0.3 is 10.5 Å². The van der Waals surface area contributed by atoms with Crippen LogP contribution in [0.25, 0.3) is 0 Å². The van der Waals surface area contributed by atoms with Gasteiger partial charge in [-0.25, -0.2) is 4.39 Å². The molecule has 0 amide bonds. The third-order valence-corrected chi connectivity index (χ3v) is 2.98. The van der Waals surface area contributed by atoms with Crippen molar-refractivity contribution in [1.29, 1.82) is 0 Å². The topological polar surface area (TPSA) is 35.2 Å². The largest absolute Gasteiger partial charge is 0.379 e. The van der Waals surface area contributed by atoms with Crippen molar-refractivity contribution in [2.75, 3.05) is 13.2 Å². The van der Waals surface area contributed by atoms with E-state index >= 15 is 0 Å². The number of ether oxygens (including phenoxy) is 1. The van der Waals surface area contributed by atoms with Gasteiger partial charge in [-0.15, -0.1) is 0 Å².